The Labute approximate surface area is 103 Å². The molecule has 90 valence electrons. The van der Waals surface area contributed by atoms with Crippen LogP contribution < -0.4 is 0 Å². The van der Waals surface area contributed by atoms with Crippen LogP contribution in [0.3, 0.4) is 0 Å². The molecule has 0 saturated heterocycles. The minimum atomic E-state index is -1.29. The third-order valence-corrected chi connectivity index (χ3v) is 2.56. The van der Waals surface area contributed by atoms with E-state index in [0.29, 0.717) is 6.61 Å². The Morgan fingerprint density at radius 3 is 2.24 bits per heavy atom. The number of rotatable bonds is 7. The van der Waals surface area contributed by atoms with E-state index >= 15 is 0 Å². The molecule has 1 aromatic rings. The summed E-state index contributed by atoms with van der Waals surface area (Å²) in [4.78, 5) is 0. The molecule has 0 fully saturated rings. The molecule has 0 aliphatic rings. The molecule has 0 radical (unpaired) electrons. The van der Waals surface area contributed by atoms with Crippen LogP contribution in [-0.4, -0.2) is 17.3 Å². The van der Waals surface area contributed by atoms with Crippen molar-refractivity contribution in [3.63, 3.8) is 0 Å². The predicted octanol–water partition coefficient (Wildman–Crippen LogP) is 3.03. The van der Waals surface area contributed by atoms with Crippen molar-refractivity contribution < 1.29 is 9.84 Å². The second-order valence-corrected chi connectivity index (χ2v) is 3.71. The summed E-state index contributed by atoms with van der Waals surface area (Å²) in [6.07, 6.45) is 3.97. The van der Waals surface area contributed by atoms with Crippen LogP contribution >= 0.6 is 0 Å². The van der Waals surface area contributed by atoms with Gasteiger partial charge in [0.1, 0.15) is 11.7 Å². The zero-order valence-corrected chi connectivity index (χ0v) is 9.88. The van der Waals surface area contributed by atoms with Gasteiger partial charge < -0.3 is 9.84 Å². The van der Waals surface area contributed by atoms with Crippen molar-refractivity contribution in [2.75, 3.05) is 6.61 Å². The quantitative estimate of drug-likeness (QED) is 0.729. The molecule has 0 aliphatic heterocycles. The molecule has 17 heavy (non-hydrogen) atoms. The Balaban J connectivity index is 3.07. The largest absolute Gasteiger partial charge is 0.379 e. The van der Waals surface area contributed by atoms with Crippen molar-refractivity contribution >= 4 is 0 Å². The molecule has 0 spiro atoms. The summed E-state index contributed by atoms with van der Waals surface area (Å²) in [6.45, 7) is 11.2. The molecular formula is C15H18O2. The fraction of sp³-hybridized carbons (Fsp3) is 0.200. The Morgan fingerprint density at radius 1 is 1.18 bits per heavy atom. The van der Waals surface area contributed by atoms with Crippen LogP contribution in [0.25, 0.3) is 0 Å². The van der Waals surface area contributed by atoms with Crippen molar-refractivity contribution in [2.45, 2.75) is 11.7 Å². The van der Waals surface area contributed by atoms with Crippen LogP contribution in [0.4, 0.5) is 0 Å². The number of hydrogen-bond acceptors (Lipinski definition) is 2. The van der Waals surface area contributed by atoms with Crippen molar-refractivity contribution in [3.05, 3.63) is 73.9 Å². The smallest absolute Gasteiger partial charge is 0.131 e. The van der Waals surface area contributed by atoms with E-state index in [1.165, 1.54) is 12.2 Å². The lowest BCUT2D eigenvalue weighted by atomic mass is 9.91. The van der Waals surface area contributed by atoms with E-state index in [2.05, 4.69) is 19.7 Å². The van der Waals surface area contributed by atoms with Gasteiger partial charge in [0, 0.05) is 0 Å². The second-order valence-electron chi connectivity index (χ2n) is 3.71. The van der Waals surface area contributed by atoms with E-state index in [0.717, 1.165) is 5.56 Å². The summed E-state index contributed by atoms with van der Waals surface area (Å²) in [6, 6.07) is 9.49. The minimum Gasteiger partial charge on any atom is -0.379 e. The van der Waals surface area contributed by atoms with Gasteiger partial charge in [0.05, 0.1) is 6.61 Å². The molecule has 2 nitrogen and oxygen atoms in total. The van der Waals surface area contributed by atoms with Gasteiger partial charge in [-0.1, -0.05) is 61.7 Å². The van der Waals surface area contributed by atoms with E-state index in [1.807, 2.05) is 30.3 Å². The van der Waals surface area contributed by atoms with Crippen molar-refractivity contribution in [1.82, 2.24) is 0 Å². The average molecular weight is 230 g/mol. The summed E-state index contributed by atoms with van der Waals surface area (Å²) in [5, 5.41) is 10.4. The lowest BCUT2D eigenvalue weighted by Gasteiger charge is -2.30. The van der Waals surface area contributed by atoms with Gasteiger partial charge in [0.15, 0.2) is 0 Å². The first kappa shape index (κ1) is 13.4. The fourth-order valence-corrected chi connectivity index (χ4v) is 1.59. The molecule has 1 aromatic carbocycles. The van der Waals surface area contributed by atoms with Crippen LogP contribution in [0.2, 0.25) is 0 Å². The topological polar surface area (TPSA) is 29.5 Å². The first-order valence-corrected chi connectivity index (χ1v) is 5.45. The minimum absolute atomic E-state index is 0.351. The first-order chi connectivity index (χ1) is 8.18. The van der Waals surface area contributed by atoms with Gasteiger partial charge >= 0.3 is 0 Å². The van der Waals surface area contributed by atoms with Crippen molar-refractivity contribution in [2.24, 2.45) is 0 Å². The van der Waals surface area contributed by atoms with Crippen LogP contribution in [0.5, 0.6) is 0 Å². The summed E-state index contributed by atoms with van der Waals surface area (Å²) in [7, 11) is 0. The van der Waals surface area contributed by atoms with Gasteiger partial charge in [-0.15, -0.1) is 6.58 Å². The highest BCUT2D eigenvalue weighted by Gasteiger charge is 2.32. The van der Waals surface area contributed by atoms with Crippen LogP contribution in [-0.2, 0) is 4.74 Å². The van der Waals surface area contributed by atoms with Gasteiger partial charge in [0.2, 0.25) is 0 Å². The molecule has 0 saturated carbocycles. The number of benzene rings is 1. The third kappa shape index (κ3) is 3.16. The predicted molar refractivity (Wildman–Crippen MR) is 70.7 cm³/mol. The maximum absolute atomic E-state index is 10.4. The number of aliphatic hydroxyl groups is 1. The summed E-state index contributed by atoms with van der Waals surface area (Å²) in [5.41, 5.74) is -0.415. The maximum atomic E-state index is 10.4. The highest BCUT2D eigenvalue weighted by atomic mass is 16.5. The van der Waals surface area contributed by atoms with Gasteiger partial charge in [-0.3, -0.25) is 0 Å². The highest BCUT2D eigenvalue weighted by molar-refractivity contribution is 5.26. The van der Waals surface area contributed by atoms with Crippen LogP contribution in [0, 0.1) is 0 Å². The Hall–Kier alpha value is -1.64. The van der Waals surface area contributed by atoms with Gasteiger partial charge in [0.25, 0.3) is 0 Å². The molecule has 1 rings (SSSR count). The molecule has 2 heteroatoms. The first-order valence-electron chi connectivity index (χ1n) is 5.45. The van der Waals surface area contributed by atoms with E-state index in [1.54, 1.807) is 6.08 Å². The monoisotopic (exact) mass is 230 g/mol. The fourth-order valence-electron chi connectivity index (χ4n) is 1.59. The summed E-state index contributed by atoms with van der Waals surface area (Å²) >= 11 is 0. The van der Waals surface area contributed by atoms with E-state index in [4.69, 9.17) is 4.74 Å². The molecule has 0 bridgehead atoms. The number of ether oxygens (including phenoxy) is 1. The molecule has 0 amide bonds. The third-order valence-electron chi connectivity index (χ3n) is 2.56. The average Bonchev–Trinajstić information content (AvgIpc) is 2.40. The van der Waals surface area contributed by atoms with Gasteiger partial charge in [-0.25, -0.2) is 0 Å². The second kappa shape index (κ2) is 6.18. The molecular weight excluding hydrogens is 212 g/mol. The standard InChI is InChI=1S/C15H18O2/c1-4-12-17-14(15(16,5-2)6-3)13-10-8-7-9-11-13/h4-11,14,16H,1-3,12H2/t14-/m0/s1. The van der Waals surface area contributed by atoms with E-state index < -0.39 is 11.7 Å². The Kier molecular flexibility index (Phi) is 4.88. The lowest BCUT2D eigenvalue weighted by Crippen LogP contribution is -2.33. The zero-order valence-electron chi connectivity index (χ0n) is 9.88. The van der Waals surface area contributed by atoms with Crippen molar-refractivity contribution in [1.29, 1.82) is 0 Å². The summed E-state index contributed by atoms with van der Waals surface area (Å²) < 4.78 is 5.61. The lowest BCUT2D eigenvalue weighted by molar-refractivity contribution is -0.0481. The highest BCUT2D eigenvalue weighted by Crippen LogP contribution is 2.31. The molecule has 1 N–H and O–H groups in total. The normalized spacial score (nSPS) is 12.8. The van der Waals surface area contributed by atoms with Gasteiger partial charge in [-0.2, -0.15) is 0 Å². The van der Waals surface area contributed by atoms with Crippen LogP contribution in [0.15, 0.2) is 68.3 Å². The SMILES string of the molecule is C=CCO[C@@H](c1ccccc1)C(O)(C=C)C=C. The number of hydrogen-bond donors (Lipinski definition) is 1. The molecule has 0 heterocycles. The van der Waals surface area contributed by atoms with E-state index in [-0.39, 0.29) is 0 Å². The van der Waals surface area contributed by atoms with Crippen molar-refractivity contribution in [3.8, 4) is 0 Å². The molecule has 0 aliphatic carbocycles. The molecule has 1 atom stereocenters. The summed E-state index contributed by atoms with van der Waals surface area (Å²) in [5.74, 6) is 0. The van der Waals surface area contributed by atoms with E-state index in [9.17, 15) is 5.11 Å². The molecule has 0 aromatic heterocycles. The molecule has 0 unspecified atom stereocenters. The Morgan fingerprint density at radius 2 is 1.76 bits per heavy atom. The van der Waals surface area contributed by atoms with Gasteiger partial charge in [-0.05, 0) is 5.56 Å². The maximum Gasteiger partial charge on any atom is 0.131 e. The van der Waals surface area contributed by atoms with Crippen LogP contribution in [0.1, 0.15) is 11.7 Å². The Bertz CT molecular complexity index is 373. The zero-order chi connectivity index (χ0) is 12.7.